The number of ether oxygens (including phenoxy) is 1. The van der Waals surface area contributed by atoms with Crippen molar-refractivity contribution in [2.24, 2.45) is 0 Å². The molecule has 96 valence electrons. The van der Waals surface area contributed by atoms with E-state index in [-0.39, 0.29) is 12.1 Å². The van der Waals surface area contributed by atoms with Gasteiger partial charge in [-0.05, 0) is 0 Å². The van der Waals surface area contributed by atoms with Crippen LogP contribution in [0.2, 0.25) is 3.93 Å². The number of rotatable bonds is 6. The summed E-state index contributed by atoms with van der Waals surface area (Å²) in [4.78, 5) is 11.6. The second-order valence-corrected chi connectivity index (χ2v) is 12.0. The molecular formula is C11H14ClHgIN2O2. The molecule has 18 heavy (non-hydrogen) atoms. The van der Waals surface area contributed by atoms with E-state index in [0.717, 1.165) is 13.2 Å². The molecule has 0 spiro atoms. The molecular weight excluding hydrogens is 555 g/mol. The number of nitrogens with one attached hydrogen (secondary N) is 2. The van der Waals surface area contributed by atoms with Gasteiger partial charge in [-0.2, -0.15) is 0 Å². The van der Waals surface area contributed by atoms with Crippen LogP contribution >= 0.6 is 30.8 Å². The van der Waals surface area contributed by atoms with Crippen LogP contribution in [0.3, 0.4) is 0 Å². The van der Waals surface area contributed by atoms with Crippen molar-refractivity contribution in [1.29, 1.82) is 0 Å². The number of halogens is 2. The predicted octanol–water partition coefficient (Wildman–Crippen LogP) is 3.08. The number of hydrogen-bond donors (Lipinski definition) is 2. The first kappa shape index (κ1) is 16.5. The molecule has 0 fully saturated rings. The number of carbonyl (C=O) groups is 1. The van der Waals surface area contributed by atoms with Crippen LogP contribution in [0.25, 0.3) is 0 Å². The Balaban J connectivity index is 2.35. The normalized spacial score (nSPS) is 11.5. The molecule has 0 heterocycles. The van der Waals surface area contributed by atoms with Crippen LogP contribution in [0.4, 0.5) is 10.5 Å². The van der Waals surface area contributed by atoms with Crippen LogP contribution in [0.15, 0.2) is 24.3 Å². The number of methoxy groups -OCH3 is 1. The second-order valence-electron chi connectivity index (χ2n) is 3.68. The van der Waals surface area contributed by atoms with Gasteiger partial charge in [0.2, 0.25) is 0 Å². The summed E-state index contributed by atoms with van der Waals surface area (Å²) in [6.45, 7) is 0.499. The van der Waals surface area contributed by atoms with Crippen molar-refractivity contribution in [3.63, 3.8) is 0 Å². The summed E-state index contributed by atoms with van der Waals surface area (Å²) in [5.41, 5.74) is 0.777. The predicted molar refractivity (Wildman–Crippen MR) is 77.6 cm³/mol. The number of benzene rings is 1. The van der Waals surface area contributed by atoms with E-state index < -0.39 is 23.3 Å². The van der Waals surface area contributed by atoms with Crippen LogP contribution < -0.4 is 10.6 Å². The molecule has 0 radical (unpaired) electrons. The van der Waals surface area contributed by atoms with Gasteiger partial charge in [-0.1, -0.05) is 0 Å². The van der Waals surface area contributed by atoms with Crippen molar-refractivity contribution in [1.82, 2.24) is 5.32 Å². The minimum atomic E-state index is -1.23. The number of anilines is 1. The molecule has 4 nitrogen and oxygen atoms in total. The monoisotopic (exact) mass is 570 g/mol. The molecule has 0 aliphatic heterocycles. The number of amides is 2. The van der Waals surface area contributed by atoms with E-state index in [0.29, 0.717) is 6.54 Å². The summed E-state index contributed by atoms with van der Waals surface area (Å²) in [6.07, 6.45) is 0.0478. The van der Waals surface area contributed by atoms with E-state index in [9.17, 15) is 4.79 Å². The topological polar surface area (TPSA) is 50.4 Å². The molecule has 0 bridgehead atoms. The Morgan fingerprint density at radius 1 is 1.50 bits per heavy atom. The molecule has 2 amide bonds. The SMILES string of the molecule is COC(CNC(=O)Nc1ccc(I)cc1)[CH2][Hg][Cl]. The standard InChI is InChI=1S/C11H14IN2O2.ClH.Hg/c1-8(16-2)7-13-11(15)14-10-5-3-9(12)4-6-10;;/h3-6,8H,1,7H2,2H3,(H2,13,14,15);1H;/q;;+1/p-1. The van der Waals surface area contributed by atoms with Gasteiger partial charge in [-0.25, -0.2) is 0 Å². The minimum absolute atomic E-state index is 0.0478. The van der Waals surface area contributed by atoms with Crippen molar-refractivity contribution in [2.75, 3.05) is 19.0 Å². The maximum absolute atomic E-state index is 11.6. The molecule has 1 aromatic carbocycles. The van der Waals surface area contributed by atoms with Gasteiger partial charge in [0, 0.05) is 0 Å². The van der Waals surface area contributed by atoms with E-state index >= 15 is 0 Å². The van der Waals surface area contributed by atoms with E-state index in [4.69, 9.17) is 13.0 Å². The van der Waals surface area contributed by atoms with E-state index in [2.05, 4.69) is 33.2 Å². The van der Waals surface area contributed by atoms with Crippen molar-refractivity contribution in [3.8, 4) is 0 Å². The molecule has 7 heteroatoms. The fourth-order valence-corrected chi connectivity index (χ4v) is 6.49. The van der Waals surface area contributed by atoms with Crippen LogP contribution in [0, 0.1) is 3.57 Å². The molecule has 1 aromatic rings. The van der Waals surface area contributed by atoms with Crippen LogP contribution in [0.5, 0.6) is 0 Å². The average Bonchev–Trinajstić information content (AvgIpc) is 2.37. The molecule has 1 rings (SSSR count). The zero-order valence-electron chi connectivity index (χ0n) is 10.1. The van der Waals surface area contributed by atoms with Gasteiger partial charge in [-0.3, -0.25) is 0 Å². The van der Waals surface area contributed by atoms with E-state index in [1.54, 1.807) is 7.11 Å². The first-order chi connectivity index (χ1) is 8.65. The fraction of sp³-hybridized carbons (Fsp3) is 0.364. The van der Waals surface area contributed by atoms with Gasteiger partial charge >= 0.3 is 138 Å². The van der Waals surface area contributed by atoms with Crippen molar-refractivity contribution in [3.05, 3.63) is 27.8 Å². The quantitative estimate of drug-likeness (QED) is 0.409. The zero-order chi connectivity index (χ0) is 13.4. The Bertz CT molecular complexity index is 378. The molecule has 0 aliphatic carbocycles. The van der Waals surface area contributed by atoms with Crippen LogP contribution in [-0.2, 0) is 28.1 Å². The summed E-state index contributed by atoms with van der Waals surface area (Å²) < 4.78 is 7.30. The Morgan fingerprint density at radius 3 is 2.72 bits per heavy atom. The number of hydrogen-bond acceptors (Lipinski definition) is 2. The second kappa shape index (κ2) is 9.33. The zero-order valence-corrected chi connectivity index (χ0v) is 18.5. The summed E-state index contributed by atoms with van der Waals surface area (Å²) in [5, 5.41) is 5.55. The fourth-order valence-electron chi connectivity index (χ4n) is 1.34. The maximum atomic E-state index is 11.6. The van der Waals surface area contributed by atoms with Crippen molar-refractivity contribution < 1.29 is 32.9 Å². The summed E-state index contributed by atoms with van der Waals surface area (Å²) >= 11 is 0.989. The van der Waals surface area contributed by atoms with E-state index in [1.165, 1.54) is 0 Å². The number of urea groups is 1. The molecule has 2 N–H and O–H groups in total. The number of carbonyl (C=O) groups excluding carboxylic acids is 1. The third kappa shape index (κ3) is 6.54. The molecule has 0 aromatic heterocycles. The first-order valence-corrected chi connectivity index (χ1v) is 17.3. The summed E-state index contributed by atoms with van der Waals surface area (Å²) in [6, 6.07) is 7.40. The first-order valence-electron chi connectivity index (χ1n) is 5.55. The van der Waals surface area contributed by atoms with Gasteiger partial charge < -0.3 is 0 Å². The Hall–Kier alpha value is 0.405. The molecule has 0 aliphatic rings. The Kier molecular flexibility index (Phi) is 8.53. The Labute approximate surface area is 136 Å². The molecule has 1 atom stereocenters. The average molecular weight is 569 g/mol. The van der Waals surface area contributed by atoms with Crippen LogP contribution in [-0.4, -0.2) is 25.8 Å². The van der Waals surface area contributed by atoms with Crippen molar-refractivity contribution >= 4 is 42.6 Å². The van der Waals surface area contributed by atoms with E-state index in [1.807, 2.05) is 24.3 Å². The summed E-state index contributed by atoms with van der Waals surface area (Å²) in [7, 11) is 7.49. The molecule has 0 saturated carbocycles. The third-order valence-electron chi connectivity index (χ3n) is 2.36. The van der Waals surface area contributed by atoms with Crippen LogP contribution in [0.1, 0.15) is 0 Å². The summed E-state index contributed by atoms with van der Waals surface area (Å²) in [5.74, 6) is 0. The van der Waals surface area contributed by atoms with Gasteiger partial charge in [0.05, 0.1) is 0 Å². The Morgan fingerprint density at radius 2 is 2.17 bits per heavy atom. The van der Waals surface area contributed by atoms with Gasteiger partial charge in [0.25, 0.3) is 0 Å². The molecule has 0 saturated heterocycles. The van der Waals surface area contributed by atoms with Gasteiger partial charge in [0.15, 0.2) is 0 Å². The third-order valence-corrected chi connectivity index (χ3v) is 8.34. The van der Waals surface area contributed by atoms with Crippen molar-refractivity contribution in [2.45, 2.75) is 10.0 Å². The van der Waals surface area contributed by atoms with Gasteiger partial charge in [0.1, 0.15) is 0 Å². The van der Waals surface area contributed by atoms with Gasteiger partial charge in [-0.15, -0.1) is 0 Å². The molecule has 1 unspecified atom stereocenters.